The summed E-state index contributed by atoms with van der Waals surface area (Å²) in [6.07, 6.45) is 3.38. The number of aromatic nitrogens is 5. The zero-order valence-corrected chi connectivity index (χ0v) is 20.4. The molecule has 1 aliphatic rings. The molecule has 35 heavy (non-hydrogen) atoms. The maximum absolute atomic E-state index is 13.4. The van der Waals surface area contributed by atoms with Crippen molar-refractivity contribution in [1.29, 1.82) is 0 Å². The highest BCUT2D eigenvalue weighted by Gasteiger charge is 2.34. The molecule has 0 radical (unpaired) electrons. The minimum Gasteiger partial charge on any atom is -0.285 e. The van der Waals surface area contributed by atoms with E-state index in [-0.39, 0.29) is 29.4 Å². The molecule has 0 saturated heterocycles. The third kappa shape index (κ3) is 5.93. The second kappa shape index (κ2) is 10.6. The van der Waals surface area contributed by atoms with Crippen molar-refractivity contribution in [3.63, 3.8) is 0 Å². The average Bonchev–Trinajstić information content (AvgIpc) is 3.32. The van der Waals surface area contributed by atoms with E-state index in [1.165, 1.54) is 16.8 Å². The first-order valence-corrected chi connectivity index (χ1v) is 12.4. The molecule has 0 spiro atoms. The molecular formula is C25H26F3N5OS. The molecule has 4 heterocycles. The fourth-order valence-corrected chi connectivity index (χ4v) is 4.88. The van der Waals surface area contributed by atoms with Gasteiger partial charge in [0.1, 0.15) is 5.52 Å². The molecule has 4 aromatic heterocycles. The summed E-state index contributed by atoms with van der Waals surface area (Å²) in [7, 11) is 0. The Morgan fingerprint density at radius 2 is 1.86 bits per heavy atom. The predicted molar refractivity (Wildman–Crippen MR) is 130 cm³/mol. The van der Waals surface area contributed by atoms with E-state index < -0.39 is 11.7 Å². The van der Waals surface area contributed by atoms with E-state index in [4.69, 9.17) is 0 Å². The van der Waals surface area contributed by atoms with Crippen LogP contribution in [-0.4, -0.2) is 24.5 Å². The first-order valence-electron chi connectivity index (χ1n) is 11.5. The van der Waals surface area contributed by atoms with Gasteiger partial charge in [0.2, 0.25) is 0 Å². The average molecular weight is 502 g/mol. The molecule has 4 aromatic rings. The Morgan fingerprint density at radius 3 is 2.49 bits per heavy atom. The van der Waals surface area contributed by atoms with E-state index in [2.05, 4.69) is 19.9 Å². The van der Waals surface area contributed by atoms with Crippen LogP contribution in [0.5, 0.6) is 0 Å². The molecule has 1 aliphatic carbocycles. The Morgan fingerprint density at radius 1 is 1.09 bits per heavy atom. The molecular weight excluding hydrogens is 475 g/mol. The van der Waals surface area contributed by atoms with Gasteiger partial charge in [-0.3, -0.25) is 24.3 Å². The van der Waals surface area contributed by atoms with Crippen molar-refractivity contribution in [2.75, 3.05) is 0 Å². The minimum atomic E-state index is -4.55. The SMILES string of the molecule is Cc1cnc2cc(C3CCCCC3)c(=O)n(Cc3ncccc3C(F)(F)F)c2n1.Cc1cscn1. The fourth-order valence-electron chi connectivity index (χ4n) is 4.33. The fraction of sp³-hybridized carbons (Fsp3) is 0.400. The highest BCUT2D eigenvalue weighted by molar-refractivity contribution is 7.07. The molecule has 184 valence electrons. The van der Waals surface area contributed by atoms with Gasteiger partial charge < -0.3 is 0 Å². The maximum Gasteiger partial charge on any atom is 0.418 e. The van der Waals surface area contributed by atoms with E-state index in [0.29, 0.717) is 16.8 Å². The molecule has 5 rings (SSSR count). The van der Waals surface area contributed by atoms with Crippen LogP contribution in [0.3, 0.4) is 0 Å². The summed E-state index contributed by atoms with van der Waals surface area (Å²) in [4.78, 5) is 30.0. The number of pyridine rings is 2. The van der Waals surface area contributed by atoms with E-state index >= 15 is 0 Å². The first-order chi connectivity index (χ1) is 16.7. The lowest BCUT2D eigenvalue weighted by molar-refractivity contribution is -0.138. The largest absolute Gasteiger partial charge is 0.418 e. The smallest absolute Gasteiger partial charge is 0.285 e. The number of hydrogen-bond donors (Lipinski definition) is 0. The summed E-state index contributed by atoms with van der Waals surface area (Å²) in [5.41, 5.74) is 3.59. The number of rotatable bonds is 3. The van der Waals surface area contributed by atoms with Gasteiger partial charge in [-0.1, -0.05) is 19.3 Å². The predicted octanol–water partition coefficient (Wildman–Crippen LogP) is 6.06. The third-order valence-electron chi connectivity index (χ3n) is 6.05. The lowest BCUT2D eigenvalue weighted by atomic mass is 9.84. The van der Waals surface area contributed by atoms with Crippen molar-refractivity contribution in [2.24, 2.45) is 0 Å². The van der Waals surface area contributed by atoms with Gasteiger partial charge in [0.25, 0.3) is 5.56 Å². The normalized spacial score (nSPS) is 14.5. The Labute approximate surface area is 204 Å². The van der Waals surface area contributed by atoms with E-state index in [1.54, 1.807) is 30.5 Å². The summed E-state index contributed by atoms with van der Waals surface area (Å²) in [6.45, 7) is 3.42. The highest BCUT2D eigenvalue weighted by atomic mass is 32.1. The third-order valence-corrected chi connectivity index (χ3v) is 6.75. The minimum absolute atomic E-state index is 0.0980. The monoisotopic (exact) mass is 501 g/mol. The van der Waals surface area contributed by atoms with E-state index in [9.17, 15) is 18.0 Å². The standard InChI is InChI=1S/C21H21F3N4O.C4H5NS/c1-13-11-26-17-10-15(14-6-3-2-4-7-14)20(29)28(19(17)27-13)12-18-16(21(22,23)24)8-5-9-25-18;1-4-2-6-3-5-4/h5,8-11,14H,2-4,6-7,12H2,1H3;2-3H,1H3. The van der Waals surface area contributed by atoms with Crippen LogP contribution in [0.4, 0.5) is 13.2 Å². The number of aryl methyl sites for hydroxylation is 2. The quantitative estimate of drug-likeness (QED) is 0.341. The molecule has 1 fully saturated rings. The van der Waals surface area contributed by atoms with Crippen molar-refractivity contribution in [2.45, 2.75) is 64.6 Å². The van der Waals surface area contributed by atoms with Crippen molar-refractivity contribution >= 4 is 22.5 Å². The summed E-state index contributed by atoms with van der Waals surface area (Å²) in [5, 5.41) is 2.01. The topological polar surface area (TPSA) is 73.6 Å². The first kappa shape index (κ1) is 25.0. The van der Waals surface area contributed by atoms with Crippen LogP contribution in [0.2, 0.25) is 0 Å². The van der Waals surface area contributed by atoms with Crippen LogP contribution >= 0.6 is 11.3 Å². The highest BCUT2D eigenvalue weighted by Crippen LogP contribution is 2.33. The van der Waals surface area contributed by atoms with Gasteiger partial charge in [-0.2, -0.15) is 13.2 Å². The molecule has 10 heteroatoms. The number of nitrogens with zero attached hydrogens (tertiary/aromatic N) is 5. The van der Waals surface area contributed by atoms with Gasteiger partial charge in [-0.15, -0.1) is 11.3 Å². The molecule has 0 atom stereocenters. The lowest BCUT2D eigenvalue weighted by Crippen LogP contribution is -2.29. The molecule has 0 aliphatic heterocycles. The van der Waals surface area contributed by atoms with Gasteiger partial charge in [0.05, 0.1) is 29.0 Å². The van der Waals surface area contributed by atoms with Crippen LogP contribution in [-0.2, 0) is 12.7 Å². The Balaban J connectivity index is 0.000000421. The molecule has 0 unspecified atom stereocenters. The summed E-state index contributed by atoms with van der Waals surface area (Å²) >= 11 is 1.63. The summed E-state index contributed by atoms with van der Waals surface area (Å²) in [6, 6.07) is 3.99. The molecule has 0 N–H and O–H groups in total. The number of thiazole rings is 1. The van der Waals surface area contributed by atoms with Crippen LogP contribution < -0.4 is 5.56 Å². The van der Waals surface area contributed by atoms with Gasteiger partial charge >= 0.3 is 6.18 Å². The number of fused-ring (bicyclic) bond motifs is 1. The zero-order valence-electron chi connectivity index (χ0n) is 19.5. The van der Waals surface area contributed by atoms with Gasteiger partial charge in [-0.25, -0.2) is 4.98 Å². The van der Waals surface area contributed by atoms with Crippen LogP contribution in [0.25, 0.3) is 11.2 Å². The van der Waals surface area contributed by atoms with E-state index in [0.717, 1.165) is 43.9 Å². The van der Waals surface area contributed by atoms with E-state index in [1.807, 2.05) is 17.8 Å². The van der Waals surface area contributed by atoms with Crippen LogP contribution in [0.1, 0.15) is 66.2 Å². The van der Waals surface area contributed by atoms with Crippen molar-refractivity contribution in [1.82, 2.24) is 24.5 Å². The zero-order chi connectivity index (χ0) is 25.0. The molecule has 0 amide bonds. The van der Waals surface area contributed by atoms with Crippen molar-refractivity contribution in [3.8, 4) is 0 Å². The van der Waals surface area contributed by atoms with Gasteiger partial charge in [-0.05, 0) is 50.8 Å². The van der Waals surface area contributed by atoms with Crippen LogP contribution in [0, 0.1) is 13.8 Å². The molecule has 0 bridgehead atoms. The maximum atomic E-state index is 13.4. The van der Waals surface area contributed by atoms with Crippen LogP contribution in [0.15, 0.2) is 46.3 Å². The summed E-state index contributed by atoms with van der Waals surface area (Å²) in [5.74, 6) is 0.0980. The molecule has 0 aromatic carbocycles. The number of hydrogen-bond acceptors (Lipinski definition) is 6. The van der Waals surface area contributed by atoms with Gasteiger partial charge in [0.15, 0.2) is 5.65 Å². The summed E-state index contributed by atoms with van der Waals surface area (Å²) < 4.78 is 41.6. The number of halogens is 3. The number of alkyl halides is 3. The Bertz CT molecular complexity index is 1350. The lowest BCUT2D eigenvalue weighted by Gasteiger charge is -2.23. The van der Waals surface area contributed by atoms with Crippen molar-refractivity contribution < 1.29 is 13.2 Å². The molecule has 6 nitrogen and oxygen atoms in total. The van der Waals surface area contributed by atoms with Crippen molar-refractivity contribution in [3.05, 3.63) is 80.0 Å². The second-order valence-electron chi connectivity index (χ2n) is 8.67. The second-order valence-corrected chi connectivity index (χ2v) is 9.39. The van der Waals surface area contributed by atoms with Gasteiger partial charge in [0, 0.05) is 29.0 Å². The Kier molecular flexibility index (Phi) is 7.59. The Hall–Kier alpha value is -3.14. The molecule has 1 saturated carbocycles.